The smallest absolute Gasteiger partial charge is 0.231 e. The number of fused-ring (bicyclic) bond motifs is 1. The fourth-order valence-electron chi connectivity index (χ4n) is 1.90. The average Bonchev–Trinajstić information content (AvgIpc) is 2.81. The number of hydrogen-bond acceptors (Lipinski definition) is 4. The molecule has 4 heteroatoms. The predicted octanol–water partition coefficient (Wildman–Crippen LogP) is 2.35. The summed E-state index contributed by atoms with van der Waals surface area (Å²) in [5.41, 5.74) is 1.16. The van der Waals surface area contributed by atoms with Crippen LogP contribution in [0.1, 0.15) is 25.5 Å². The van der Waals surface area contributed by atoms with Crippen molar-refractivity contribution in [2.75, 3.05) is 27.1 Å². The van der Waals surface area contributed by atoms with Gasteiger partial charge in [0.15, 0.2) is 11.5 Å². The van der Waals surface area contributed by atoms with E-state index in [0.717, 1.165) is 23.7 Å². The van der Waals surface area contributed by atoms with Crippen LogP contribution in [0.5, 0.6) is 11.5 Å². The lowest BCUT2D eigenvalue weighted by atomic mass is 10.1. The molecular weight excluding hydrogens is 230 g/mol. The summed E-state index contributed by atoms with van der Waals surface area (Å²) in [6.07, 6.45) is 0. The van der Waals surface area contributed by atoms with Gasteiger partial charge < -0.3 is 19.5 Å². The van der Waals surface area contributed by atoms with Gasteiger partial charge in [-0.2, -0.15) is 0 Å². The van der Waals surface area contributed by atoms with Crippen LogP contribution in [0, 0.1) is 5.92 Å². The molecule has 1 aromatic rings. The van der Waals surface area contributed by atoms with E-state index in [2.05, 4.69) is 19.2 Å². The van der Waals surface area contributed by atoms with Gasteiger partial charge in [0.05, 0.1) is 12.6 Å². The van der Waals surface area contributed by atoms with E-state index in [1.165, 1.54) is 0 Å². The van der Waals surface area contributed by atoms with E-state index < -0.39 is 0 Å². The molecule has 0 radical (unpaired) electrons. The quantitative estimate of drug-likeness (QED) is 0.842. The molecule has 2 rings (SSSR count). The lowest BCUT2D eigenvalue weighted by Crippen LogP contribution is -2.22. The molecule has 0 bridgehead atoms. The summed E-state index contributed by atoms with van der Waals surface area (Å²) in [6, 6.07) is 6.19. The molecule has 1 heterocycles. The molecular formula is C14H21NO3. The summed E-state index contributed by atoms with van der Waals surface area (Å²) in [6.45, 7) is 6.05. The predicted molar refractivity (Wildman–Crippen MR) is 70.0 cm³/mol. The zero-order valence-corrected chi connectivity index (χ0v) is 11.2. The topological polar surface area (TPSA) is 39.7 Å². The van der Waals surface area contributed by atoms with Gasteiger partial charge in [0, 0.05) is 6.61 Å². The van der Waals surface area contributed by atoms with Gasteiger partial charge in [0.1, 0.15) is 0 Å². The molecule has 1 aromatic carbocycles. The van der Waals surface area contributed by atoms with E-state index in [0.29, 0.717) is 19.3 Å². The average molecular weight is 251 g/mol. The van der Waals surface area contributed by atoms with Crippen molar-refractivity contribution in [3.8, 4) is 11.5 Å². The fourth-order valence-corrected chi connectivity index (χ4v) is 1.90. The molecule has 18 heavy (non-hydrogen) atoms. The minimum atomic E-state index is 0.179. The highest BCUT2D eigenvalue weighted by atomic mass is 16.7. The van der Waals surface area contributed by atoms with Crippen LogP contribution < -0.4 is 14.8 Å². The molecule has 4 nitrogen and oxygen atoms in total. The lowest BCUT2D eigenvalue weighted by molar-refractivity contribution is 0.0919. The van der Waals surface area contributed by atoms with E-state index in [4.69, 9.17) is 14.2 Å². The molecule has 0 saturated carbocycles. The van der Waals surface area contributed by atoms with Crippen LogP contribution in [-0.2, 0) is 4.74 Å². The monoisotopic (exact) mass is 251 g/mol. The summed E-state index contributed by atoms with van der Waals surface area (Å²) in [5.74, 6) is 2.19. The molecule has 1 aliphatic rings. The number of likely N-dealkylation sites (N-methyl/N-ethyl adjacent to an activating group) is 1. The Hall–Kier alpha value is -1.26. The maximum atomic E-state index is 5.69. The van der Waals surface area contributed by atoms with Crippen molar-refractivity contribution in [3.05, 3.63) is 23.8 Å². The summed E-state index contributed by atoms with van der Waals surface area (Å²) in [4.78, 5) is 0. The Bertz CT molecular complexity index is 393. The van der Waals surface area contributed by atoms with Crippen LogP contribution in [0.15, 0.2) is 18.2 Å². The molecule has 0 fully saturated rings. The molecule has 1 atom stereocenters. The van der Waals surface area contributed by atoms with E-state index in [9.17, 15) is 0 Å². The Morgan fingerprint density at radius 3 is 2.72 bits per heavy atom. The van der Waals surface area contributed by atoms with Crippen molar-refractivity contribution < 1.29 is 14.2 Å². The number of rotatable bonds is 6. The Morgan fingerprint density at radius 1 is 1.22 bits per heavy atom. The lowest BCUT2D eigenvalue weighted by Gasteiger charge is -2.18. The second kappa shape index (κ2) is 6.07. The molecule has 0 aromatic heterocycles. The second-order valence-electron chi connectivity index (χ2n) is 4.89. The van der Waals surface area contributed by atoms with Crippen molar-refractivity contribution in [1.29, 1.82) is 0 Å². The van der Waals surface area contributed by atoms with Crippen LogP contribution >= 0.6 is 0 Å². The fraction of sp³-hybridized carbons (Fsp3) is 0.571. The van der Waals surface area contributed by atoms with E-state index >= 15 is 0 Å². The molecule has 0 saturated heterocycles. The van der Waals surface area contributed by atoms with Gasteiger partial charge in [-0.25, -0.2) is 0 Å². The third kappa shape index (κ3) is 3.15. The largest absolute Gasteiger partial charge is 0.454 e. The zero-order valence-electron chi connectivity index (χ0n) is 11.2. The van der Waals surface area contributed by atoms with Crippen molar-refractivity contribution in [1.82, 2.24) is 5.32 Å². The maximum absolute atomic E-state index is 5.69. The highest BCUT2D eigenvalue weighted by Crippen LogP contribution is 2.34. The Kier molecular flexibility index (Phi) is 4.44. The molecule has 1 unspecified atom stereocenters. The molecule has 100 valence electrons. The minimum absolute atomic E-state index is 0.179. The summed E-state index contributed by atoms with van der Waals surface area (Å²) in [7, 11) is 1.94. The van der Waals surface area contributed by atoms with E-state index in [-0.39, 0.29) is 6.04 Å². The third-order valence-corrected chi connectivity index (χ3v) is 2.88. The third-order valence-electron chi connectivity index (χ3n) is 2.88. The Balaban J connectivity index is 1.99. The standard InChI is InChI=1S/C14H21NO3/c1-10(2)7-16-8-12(15-3)11-4-5-13-14(6-11)18-9-17-13/h4-6,10,12,15H,7-9H2,1-3H3. The molecule has 0 spiro atoms. The van der Waals surface area contributed by atoms with Crippen molar-refractivity contribution >= 4 is 0 Å². The summed E-state index contributed by atoms with van der Waals surface area (Å²) in [5, 5.41) is 3.26. The maximum Gasteiger partial charge on any atom is 0.231 e. The molecule has 1 aliphatic heterocycles. The summed E-state index contributed by atoms with van der Waals surface area (Å²) < 4.78 is 16.4. The number of ether oxygens (including phenoxy) is 3. The normalized spacial score (nSPS) is 15.1. The van der Waals surface area contributed by atoms with Crippen molar-refractivity contribution in [2.24, 2.45) is 5.92 Å². The summed E-state index contributed by atoms with van der Waals surface area (Å²) >= 11 is 0. The minimum Gasteiger partial charge on any atom is -0.454 e. The highest BCUT2D eigenvalue weighted by molar-refractivity contribution is 5.45. The first-order valence-corrected chi connectivity index (χ1v) is 6.35. The number of nitrogens with one attached hydrogen (secondary N) is 1. The zero-order chi connectivity index (χ0) is 13.0. The highest BCUT2D eigenvalue weighted by Gasteiger charge is 2.17. The Labute approximate surface area is 108 Å². The number of hydrogen-bond donors (Lipinski definition) is 1. The van der Waals surface area contributed by atoms with Gasteiger partial charge in [-0.05, 0) is 30.7 Å². The van der Waals surface area contributed by atoms with E-state index in [1.54, 1.807) is 0 Å². The number of benzene rings is 1. The molecule has 0 amide bonds. The second-order valence-corrected chi connectivity index (χ2v) is 4.89. The van der Waals surface area contributed by atoms with Crippen LogP contribution in [0.3, 0.4) is 0 Å². The van der Waals surface area contributed by atoms with E-state index in [1.807, 2.05) is 25.2 Å². The van der Waals surface area contributed by atoms with Crippen LogP contribution in [0.2, 0.25) is 0 Å². The van der Waals surface area contributed by atoms with Crippen molar-refractivity contribution in [2.45, 2.75) is 19.9 Å². The van der Waals surface area contributed by atoms with Gasteiger partial charge in [0.25, 0.3) is 0 Å². The van der Waals surface area contributed by atoms with Crippen molar-refractivity contribution in [3.63, 3.8) is 0 Å². The van der Waals surface area contributed by atoms with Crippen LogP contribution in [-0.4, -0.2) is 27.1 Å². The van der Waals surface area contributed by atoms with Gasteiger partial charge in [-0.1, -0.05) is 19.9 Å². The SMILES string of the molecule is CNC(COCC(C)C)c1ccc2c(c1)OCO2. The van der Waals surface area contributed by atoms with Gasteiger partial charge in [-0.3, -0.25) is 0 Å². The first-order valence-electron chi connectivity index (χ1n) is 6.35. The van der Waals surface area contributed by atoms with Gasteiger partial charge in [-0.15, -0.1) is 0 Å². The Morgan fingerprint density at radius 2 is 2.00 bits per heavy atom. The first kappa shape index (κ1) is 13.2. The van der Waals surface area contributed by atoms with Crippen LogP contribution in [0.25, 0.3) is 0 Å². The van der Waals surface area contributed by atoms with Crippen LogP contribution in [0.4, 0.5) is 0 Å². The van der Waals surface area contributed by atoms with Gasteiger partial charge in [0.2, 0.25) is 6.79 Å². The van der Waals surface area contributed by atoms with Gasteiger partial charge >= 0.3 is 0 Å². The first-order chi connectivity index (χ1) is 8.70. The molecule has 1 N–H and O–H groups in total. The molecule has 0 aliphatic carbocycles.